The largest absolute Gasteiger partial charge is 0.462 e. The topological polar surface area (TPSA) is 64.1 Å². The smallest absolute Gasteiger partial charge is 0.343 e. The van der Waals surface area contributed by atoms with Gasteiger partial charge in [0.2, 0.25) is 5.28 Å². The van der Waals surface area contributed by atoms with E-state index in [1.54, 1.807) is 6.92 Å². The molecule has 1 aliphatic heterocycles. The van der Waals surface area contributed by atoms with Crippen LogP contribution in [0.1, 0.15) is 30.1 Å². The van der Waals surface area contributed by atoms with Crippen LogP contribution in [0.15, 0.2) is 6.20 Å². The molecule has 0 spiro atoms. The molecule has 2 rings (SSSR count). The first-order valence-corrected chi connectivity index (χ1v) is 11.2. The molecule has 1 aromatic rings. The fourth-order valence-electron chi connectivity index (χ4n) is 2.57. The molecule has 2 heterocycles. The van der Waals surface area contributed by atoms with Gasteiger partial charge in [-0.05, 0) is 31.4 Å². The summed E-state index contributed by atoms with van der Waals surface area (Å²) in [7, 11) is -0.999. The summed E-state index contributed by atoms with van der Waals surface area (Å²) in [6, 6.07) is 2.92. The molecule has 0 bridgehead atoms. The minimum Gasteiger partial charge on any atom is -0.462 e. The van der Waals surface area contributed by atoms with Crippen LogP contribution >= 0.6 is 11.6 Å². The summed E-state index contributed by atoms with van der Waals surface area (Å²) in [5.74, 6) is 0.0713. The second-order valence-electron chi connectivity index (χ2n) is 6.20. The lowest BCUT2D eigenvalue weighted by Crippen LogP contribution is -2.36. The van der Waals surface area contributed by atoms with Crippen LogP contribution in [-0.2, 0) is 4.74 Å². The number of aromatic nitrogens is 2. The molecule has 1 fully saturated rings. The zero-order valence-corrected chi connectivity index (χ0v) is 14.5. The first-order valence-electron chi connectivity index (χ1n) is 7.37. The van der Waals surface area contributed by atoms with Crippen LogP contribution in [-0.4, -0.2) is 36.7 Å². The maximum absolute atomic E-state index is 11.9. The van der Waals surface area contributed by atoms with Crippen molar-refractivity contribution in [2.45, 2.75) is 51.0 Å². The molecule has 1 N–H and O–H groups in total. The van der Waals surface area contributed by atoms with E-state index in [4.69, 9.17) is 16.3 Å². The summed E-state index contributed by atoms with van der Waals surface area (Å²) < 4.78 is 5.04. The molecular formula is C14H22ClN3O2Si. The van der Waals surface area contributed by atoms with Crippen molar-refractivity contribution in [3.05, 3.63) is 17.0 Å². The molecule has 0 amide bonds. The molecule has 116 valence electrons. The van der Waals surface area contributed by atoms with E-state index in [0.29, 0.717) is 24.0 Å². The van der Waals surface area contributed by atoms with Crippen molar-refractivity contribution >= 4 is 31.5 Å². The third-order valence-corrected chi connectivity index (χ3v) is 7.40. The van der Waals surface area contributed by atoms with Crippen LogP contribution in [0.2, 0.25) is 30.5 Å². The average molecular weight is 328 g/mol. The second-order valence-corrected chi connectivity index (χ2v) is 11.9. The van der Waals surface area contributed by atoms with Crippen molar-refractivity contribution in [2.75, 3.05) is 11.9 Å². The third kappa shape index (κ3) is 4.41. The summed E-state index contributed by atoms with van der Waals surface area (Å²) in [5, 5.41) is 3.49. The van der Waals surface area contributed by atoms with Crippen molar-refractivity contribution in [3.8, 4) is 0 Å². The Morgan fingerprint density at radius 3 is 2.76 bits per heavy atom. The molecule has 7 heteroatoms. The Morgan fingerprint density at radius 2 is 2.14 bits per heavy atom. The molecule has 0 unspecified atom stereocenters. The fourth-order valence-corrected chi connectivity index (χ4v) is 5.21. The number of ether oxygens (including phenoxy) is 1. The lowest BCUT2D eigenvalue weighted by Gasteiger charge is -2.33. The van der Waals surface area contributed by atoms with Gasteiger partial charge in [-0.1, -0.05) is 25.2 Å². The first-order chi connectivity index (χ1) is 9.91. The third-order valence-electron chi connectivity index (χ3n) is 3.93. The van der Waals surface area contributed by atoms with Crippen LogP contribution in [0.3, 0.4) is 0 Å². The summed E-state index contributed by atoms with van der Waals surface area (Å²) in [5.41, 5.74) is 0.350. The van der Waals surface area contributed by atoms with Crippen LogP contribution in [0, 0.1) is 0 Å². The van der Waals surface area contributed by atoms with Gasteiger partial charge in [-0.2, -0.15) is 4.98 Å². The highest BCUT2D eigenvalue weighted by Crippen LogP contribution is 2.30. The number of halogens is 1. The molecular weight excluding hydrogens is 306 g/mol. The van der Waals surface area contributed by atoms with Crippen LogP contribution < -0.4 is 5.32 Å². The lowest BCUT2D eigenvalue weighted by atomic mass is 10.1. The second kappa shape index (κ2) is 6.75. The number of nitrogens with zero attached hydrogens (tertiary/aromatic N) is 2. The van der Waals surface area contributed by atoms with Gasteiger partial charge < -0.3 is 10.1 Å². The number of esters is 1. The molecule has 1 saturated heterocycles. The number of hydrogen-bond acceptors (Lipinski definition) is 5. The van der Waals surface area contributed by atoms with Crippen LogP contribution in [0.5, 0.6) is 0 Å². The van der Waals surface area contributed by atoms with Gasteiger partial charge in [0.05, 0.1) is 6.61 Å². The Hall–Kier alpha value is -1.14. The van der Waals surface area contributed by atoms with Crippen LogP contribution in [0.4, 0.5) is 5.82 Å². The standard InChI is InChI=1S/C14H22ClN3O2Si/c1-4-20-13(19)11-9-16-14(15)18-12(11)17-10-5-7-21(2,3)8-6-10/h9-10H,4-8H2,1-3H3,(H,16,17,18). The number of anilines is 1. The number of nitrogens with one attached hydrogen (secondary N) is 1. The predicted octanol–water partition coefficient (Wildman–Crippen LogP) is 3.59. The highest BCUT2D eigenvalue weighted by molar-refractivity contribution is 6.77. The SMILES string of the molecule is CCOC(=O)c1cnc(Cl)nc1NC1CC[Si](C)(C)CC1. The highest BCUT2D eigenvalue weighted by Gasteiger charge is 2.29. The van der Waals surface area contributed by atoms with E-state index in [1.807, 2.05) is 0 Å². The van der Waals surface area contributed by atoms with Gasteiger partial charge in [-0.25, -0.2) is 9.78 Å². The van der Waals surface area contributed by atoms with Gasteiger partial charge in [0.1, 0.15) is 11.4 Å². The fraction of sp³-hybridized carbons (Fsp3) is 0.643. The Bertz CT molecular complexity index is 515. The van der Waals surface area contributed by atoms with E-state index >= 15 is 0 Å². The van der Waals surface area contributed by atoms with Gasteiger partial charge in [-0.3, -0.25) is 0 Å². The van der Waals surface area contributed by atoms with Crippen molar-refractivity contribution < 1.29 is 9.53 Å². The monoisotopic (exact) mass is 327 g/mol. The zero-order valence-electron chi connectivity index (χ0n) is 12.8. The quantitative estimate of drug-likeness (QED) is 0.520. The summed E-state index contributed by atoms with van der Waals surface area (Å²) in [4.78, 5) is 20.0. The Labute approximate surface area is 131 Å². The minimum absolute atomic E-state index is 0.135. The molecule has 21 heavy (non-hydrogen) atoms. The van der Waals surface area contributed by atoms with Crippen molar-refractivity contribution in [1.29, 1.82) is 0 Å². The van der Waals surface area contributed by atoms with Crippen molar-refractivity contribution in [1.82, 2.24) is 9.97 Å². The Kier molecular flexibility index (Phi) is 5.21. The van der Waals surface area contributed by atoms with E-state index < -0.39 is 14.0 Å². The summed E-state index contributed by atoms with van der Waals surface area (Å²) in [6.07, 6.45) is 3.66. The number of carbonyl (C=O) groups excluding carboxylic acids is 1. The molecule has 1 aromatic heterocycles. The molecule has 5 nitrogen and oxygen atoms in total. The maximum atomic E-state index is 11.9. The van der Waals surface area contributed by atoms with Gasteiger partial charge in [-0.15, -0.1) is 0 Å². The predicted molar refractivity (Wildman–Crippen MR) is 86.7 cm³/mol. The molecule has 1 aliphatic rings. The molecule has 0 atom stereocenters. The molecule has 0 aromatic carbocycles. The number of rotatable bonds is 4. The van der Waals surface area contributed by atoms with E-state index in [9.17, 15) is 4.79 Å². The average Bonchev–Trinajstić information content (AvgIpc) is 2.41. The number of hydrogen-bond donors (Lipinski definition) is 1. The van der Waals surface area contributed by atoms with Crippen molar-refractivity contribution in [3.63, 3.8) is 0 Å². The minimum atomic E-state index is -0.999. The van der Waals surface area contributed by atoms with E-state index in [2.05, 4.69) is 28.4 Å². The van der Waals surface area contributed by atoms with Gasteiger partial charge in [0, 0.05) is 20.3 Å². The Morgan fingerprint density at radius 1 is 1.48 bits per heavy atom. The van der Waals surface area contributed by atoms with Gasteiger partial charge in [0.25, 0.3) is 0 Å². The lowest BCUT2D eigenvalue weighted by molar-refractivity contribution is 0.0526. The summed E-state index contributed by atoms with van der Waals surface area (Å²) >= 11 is 5.85. The van der Waals surface area contributed by atoms with E-state index in [-0.39, 0.29) is 5.28 Å². The van der Waals surface area contributed by atoms with Gasteiger partial charge in [0.15, 0.2) is 0 Å². The maximum Gasteiger partial charge on any atom is 0.343 e. The summed E-state index contributed by atoms with van der Waals surface area (Å²) in [6.45, 7) is 6.95. The molecule has 0 aliphatic carbocycles. The highest BCUT2D eigenvalue weighted by atomic mass is 35.5. The molecule has 0 saturated carbocycles. The zero-order chi connectivity index (χ0) is 15.5. The van der Waals surface area contributed by atoms with E-state index in [1.165, 1.54) is 18.3 Å². The number of carbonyl (C=O) groups is 1. The Balaban J connectivity index is 2.12. The van der Waals surface area contributed by atoms with Crippen molar-refractivity contribution in [2.24, 2.45) is 0 Å². The van der Waals surface area contributed by atoms with Gasteiger partial charge >= 0.3 is 5.97 Å². The van der Waals surface area contributed by atoms with Crippen LogP contribution in [0.25, 0.3) is 0 Å². The van der Waals surface area contributed by atoms with E-state index in [0.717, 1.165) is 12.8 Å². The molecule has 0 radical (unpaired) electrons. The first kappa shape index (κ1) is 16.2. The normalized spacial score (nSPS) is 18.3.